The molecule has 0 aromatic heterocycles. The van der Waals surface area contributed by atoms with Crippen molar-refractivity contribution in [2.45, 2.75) is 20.8 Å². The van der Waals surface area contributed by atoms with Crippen LogP contribution in [0.3, 0.4) is 0 Å². The van der Waals surface area contributed by atoms with E-state index in [1.54, 1.807) is 45.0 Å². The largest absolute Gasteiger partial charge is 0.507 e. The minimum absolute atomic E-state index is 0.123. The van der Waals surface area contributed by atoms with Crippen molar-refractivity contribution < 1.29 is 19.4 Å². The SMILES string of the molecule is COC1=C(C)C(O)=C(C=CC(=O)c2ccccc2)C(=O)C1(C)C. The number of ketones is 2. The summed E-state index contributed by atoms with van der Waals surface area (Å²) in [5, 5.41) is 10.3. The fourth-order valence-corrected chi connectivity index (χ4v) is 2.75. The van der Waals surface area contributed by atoms with Gasteiger partial charge in [0.1, 0.15) is 11.5 Å². The maximum Gasteiger partial charge on any atom is 0.185 e. The van der Waals surface area contributed by atoms with E-state index in [2.05, 4.69) is 0 Å². The molecule has 4 heteroatoms. The molecule has 0 aliphatic heterocycles. The zero-order valence-electron chi connectivity index (χ0n) is 13.7. The molecule has 0 bridgehead atoms. The topological polar surface area (TPSA) is 63.6 Å². The fraction of sp³-hybridized carbons (Fsp3) is 0.263. The highest BCUT2D eigenvalue weighted by Crippen LogP contribution is 2.40. The average Bonchev–Trinajstić information content (AvgIpc) is 2.54. The van der Waals surface area contributed by atoms with Crippen molar-refractivity contribution in [1.82, 2.24) is 0 Å². The van der Waals surface area contributed by atoms with Crippen molar-refractivity contribution in [3.05, 3.63) is 70.7 Å². The summed E-state index contributed by atoms with van der Waals surface area (Å²) in [7, 11) is 1.47. The van der Waals surface area contributed by atoms with E-state index < -0.39 is 5.41 Å². The van der Waals surface area contributed by atoms with Gasteiger partial charge in [-0.05, 0) is 32.9 Å². The third kappa shape index (κ3) is 2.97. The second kappa shape index (κ2) is 6.24. The minimum Gasteiger partial charge on any atom is -0.507 e. The molecule has 0 saturated heterocycles. The van der Waals surface area contributed by atoms with Gasteiger partial charge in [0, 0.05) is 11.1 Å². The number of carbonyl (C=O) groups excluding carboxylic acids is 2. The van der Waals surface area contributed by atoms with Crippen LogP contribution >= 0.6 is 0 Å². The molecule has 4 nitrogen and oxygen atoms in total. The number of allylic oxidation sites excluding steroid dienone is 5. The van der Waals surface area contributed by atoms with Crippen LogP contribution in [0.25, 0.3) is 0 Å². The zero-order chi connectivity index (χ0) is 17.2. The highest BCUT2D eigenvalue weighted by Gasteiger charge is 2.41. The highest BCUT2D eigenvalue weighted by molar-refractivity contribution is 6.09. The number of hydrogen-bond acceptors (Lipinski definition) is 4. The smallest absolute Gasteiger partial charge is 0.185 e. The number of hydrogen-bond donors (Lipinski definition) is 1. The lowest BCUT2D eigenvalue weighted by Gasteiger charge is -2.31. The molecule has 0 fully saturated rings. The first-order valence-electron chi connectivity index (χ1n) is 7.32. The monoisotopic (exact) mass is 312 g/mol. The van der Waals surface area contributed by atoms with Gasteiger partial charge in [0.15, 0.2) is 11.6 Å². The van der Waals surface area contributed by atoms with E-state index in [-0.39, 0.29) is 22.9 Å². The lowest BCUT2D eigenvalue weighted by molar-refractivity contribution is -0.123. The van der Waals surface area contributed by atoms with Crippen LogP contribution in [0.5, 0.6) is 0 Å². The van der Waals surface area contributed by atoms with Crippen molar-refractivity contribution in [3.8, 4) is 0 Å². The Labute approximate surface area is 135 Å². The van der Waals surface area contributed by atoms with Crippen molar-refractivity contribution in [2.75, 3.05) is 7.11 Å². The Morgan fingerprint density at radius 2 is 1.83 bits per heavy atom. The Kier molecular flexibility index (Phi) is 4.55. The van der Waals surface area contributed by atoms with E-state index in [4.69, 9.17) is 4.74 Å². The van der Waals surface area contributed by atoms with Gasteiger partial charge in [0.2, 0.25) is 0 Å². The van der Waals surface area contributed by atoms with Gasteiger partial charge in [0.05, 0.1) is 18.1 Å². The maximum absolute atomic E-state index is 12.6. The van der Waals surface area contributed by atoms with Crippen LogP contribution in [-0.2, 0) is 9.53 Å². The van der Waals surface area contributed by atoms with Crippen molar-refractivity contribution in [1.29, 1.82) is 0 Å². The van der Waals surface area contributed by atoms with Gasteiger partial charge < -0.3 is 9.84 Å². The molecule has 0 atom stereocenters. The predicted octanol–water partition coefficient (Wildman–Crippen LogP) is 3.77. The first-order chi connectivity index (χ1) is 10.8. The molecule has 1 aliphatic rings. The molecule has 120 valence electrons. The normalized spacial score (nSPS) is 17.8. The van der Waals surface area contributed by atoms with Gasteiger partial charge >= 0.3 is 0 Å². The number of aliphatic hydroxyl groups excluding tert-OH is 1. The van der Waals surface area contributed by atoms with Gasteiger partial charge in [-0.25, -0.2) is 0 Å². The van der Waals surface area contributed by atoms with E-state index >= 15 is 0 Å². The number of rotatable bonds is 4. The van der Waals surface area contributed by atoms with Crippen molar-refractivity contribution in [3.63, 3.8) is 0 Å². The van der Waals surface area contributed by atoms with Gasteiger partial charge in [-0.3, -0.25) is 9.59 Å². The summed E-state index contributed by atoms with van der Waals surface area (Å²) >= 11 is 0. The second-order valence-corrected chi connectivity index (χ2v) is 5.94. The molecule has 0 saturated carbocycles. The quantitative estimate of drug-likeness (QED) is 0.679. The number of ether oxygens (including phenoxy) is 1. The molecule has 1 aromatic rings. The van der Waals surface area contributed by atoms with Crippen LogP contribution in [-0.4, -0.2) is 23.8 Å². The Morgan fingerprint density at radius 3 is 2.39 bits per heavy atom. The lowest BCUT2D eigenvalue weighted by Crippen LogP contribution is -2.33. The molecule has 1 aromatic carbocycles. The van der Waals surface area contributed by atoms with E-state index in [0.29, 0.717) is 16.9 Å². The van der Waals surface area contributed by atoms with E-state index in [0.717, 1.165) is 0 Å². The number of benzene rings is 1. The molecule has 23 heavy (non-hydrogen) atoms. The number of aliphatic hydroxyl groups is 1. The van der Waals surface area contributed by atoms with Crippen LogP contribution in [0, 0.1) is 5.41 Å². The van der Waals surface area contributed by atoms with E-state index in [9.17, 15) is 14.7 Å². The summed E-state index contributed by atoms with van der Waals surface area (Å²) in [4.78, 5) is 24.8. The van der Waals surface area contributed by atoms with Crippen LogP contribution in [0.4, 0.5) is 0 Å². The highest BCUT2D eigenvalue weighted by atomic mass is 16.5. The van der Waals surface area contributed by atoms with Gasteiger partial charge in [-0.2, -0.15) is 0 Å². The van der Waals surface area contributed by atoms with Crippen LogP contribution in [0.2, 0.25) is 0 Å². The Morgan fingerprint density at radius 1 is 1.22 bits per heavy atom. The molecule has 0 spiro atoms. The van der Waals surface area contributed by atoms with Gasteiger partial charge in [-0.1, -0.05) is 30.3 Å². The molecule has 0 unspecified atom stereocenters. The summed E-state index contributed by atoms with van der Waals surface area (Å²) < 4.78 is 5.28. The summed E-state index contributed by atoms with van der Waals surface area (Å²) in [6, 6.07) is 8.75. The summed E-state index contributed by atoms with van der Waals surface area (Å²) in [5.41, 5.74) is 0.262. The summed E-state index contributed by atoms with van der Waals surface area (Å²) in [6.07, 6.45) is 2.69. The lowest BCUT2D eigenvalue weighted by atomic mass is 9.75. The minimum atomic E-state index is -0.888. The van der Waals surface area contributed by atoms with Crippen molar-refractivity contribution >= 4 is 11.6 Å². The van der Waals surface area contributed by atoms with E-state index in [1.165, 1.54) is 19.3 Å². The van der Waals surface area contributed by atoms with Crippen molar-refractivity contribution in [2.24, 2.45) is 5.41 Å². The molecule has 0 heterocycles. The molecule has 0 radical (unpaired) electrons. The third-order valence-electron chi connectivity index (χ3n) is 3.99. The summed E-state index contributed by atoms with van der Waals surface area (Å²) in [6.45, 7) is 5.16. The Balaban J connectivity index is 2.41. The fourth-order valence-electron chi connectivity index (χ4n) is 2.75. The number of methoxy groups -OCH3 is 1. The molecule has 1 aliphatic carbocycles. The van der Waals surface area contributed by atoms with Crippen LogP contribution < -0.4 is 0 Å². The Bertz CT molecular complexity index is 734. The second-order valence-electron chi connectivity index (χ2n) is 5.94. The molecule has 0 amide bonds. The molecule has 1 N–H and O–H groups in total. The average molecular weight is 312 g/mol. The molecular weight excluding hydrogens is 292 g/mol. The predicted molar refractivity (Wildman–Crippen MR) is 88.1 cm³/mol. The zero-order valence-corrected chi connectivity index (χ0v) is 13.7. The first-order valence-corrected chi connectivity index (χ1v) is 7.32. The first kappa shape index (κ1) is 16.7. The maximum atomic E-state index is 12.6. The van der Waals surface area contributed by atoms with E-state index in [1.807, 2.05) is 6.07 Å². The van der Waals surface area contributed by atoms with Crippen LogP contribution in [0.15, 0.2) is 65.1 Å². The number of Topliss-reactive ketones (excluding diaryl/α,β-unsaturated/α-hetero) is 1. The molecular formula is C19H20O4. The van der Waals surface area contributed by atoms with Gasteiger partial charge in [-0.15, -0.1) is 0 Å². The Hall–Kier alpha value is -2.62. The van der Waals surface area contributed by atoms with Crippen LogP contribution in [0.1, 0.15) is 31.1 Å². The van der Waals surface area contributed by atoms with Gasteiger partial charge in [0.25, 0.3) is 0 Å². The number of carbonyl (C=O) groups is 2. The third-order valence-corrected chi connectivity index (χ3v) is 3.99. The molecule has 2 rings (SSSR count). The summed E-state index contributed by atoms with van der Waals surface area (Å²) in [5.74, 6) is -0.222. The standard InChI is InChI=1S/C19H20O4/c1-12-16(21)14(17(22)19(2,3)18(12)23-4)10-11-15(20)13-8-6-5-7-9-13/h5-11,21H,1-4H3.